The number of ether oxygens (including phenoxy) is 1. The van der Waals surface area contributed by atoms with Crippen LogP contribution < -0.4 is 15.4 Å². The van der Waals surface area contributed by atoms with Crippen LogP contribution in [0, 0.1) is 11.3 Å². The molecular formula is C30H41N3O4. The lowest BCUT2D eigenvalue weighted by molar-refractivity contribution is -0.136. The summed E-state index contributed by atoms with van der Waals surface area (Å²) in [5.41, 5.74) is 1.06. The smallest absolute Gasteiger partial charge is 0.316 e. The molecule has 1 fully saturated rings. The molecule has 0 radical (unpaired) electrons. The number of likely N-dealkylation sites (tertiary alicyclic amines) is 1. The zero-order valence-corrected chi connectivity index (χ0v) is 22.9. The van der Waals surface area contributed by atoms with Gasteiger partial charge in [0.05, 0.1) is 6.04 Å². The molecule has 0 saturated carbocycles. The number of carbonyl (C=O) groups is 3. The molecule has 37 heavy (non-hydrogen) atoms. The van der Waals surface area contributed by atoms with E-state index in [0.29, 0.717) is 24.5 Å². The Morgan fingerprint density at radius 3 is 2.19 bits per heavy atom. The van der Waals surface area contributed by atoms with E-state index in [0.717, 1.165) is 18.4 Å². The Morgan fingerprint density at radius 1 is 1.00 bits per heavy atom. The zero-order chi connectivity index (χ0) is 27.2. The molecule has 2 aromatic rings. The Kier molecular flexibility index (Phi) is 9.35. The van der Waals surface area contributed by atoms with Crippen LogP contribution in [0.15, 0.2) is 54.6 Å². The molecule has 3 amide bonds. The van der Waals surface area contributed by atoms with Gasteiger partial charge in [-0.3, -0.25) is 9.59 Å². The number of hydrogen-bond acceptors (Lipinski definition) is 4. The quantitative estimate of drug-likeness (QED) is 0.457. The molecule has 7 nitrogen and oxygen atoms in total. The summed E-state index contributed by atoms with van der Waals surface area (Å²) in [6.45, 7) is 12.8. The van der Waals surface area contributed by atoms with Gasteiger partial charge in [0.2, 0.25) is 5.91 Å². The average molecular weight is 508 g/mol. The Hall–Kier alpha value is -3.35. The molecule has 2 N–H and O–H groups in total. The van der Waals surface area contributed by atoms with E-state index >= 15 is 0 Å². The van der Waals surface area contributed by atoms with Gasteiger partial charge in [0, 0.05) is 18.2 Å². The molecule has 0 aliphatic carbocycles. The fourth-order valence-corrected chi connectivity index (χ4v) is 4.56. The van der Waals surface area contributed by atoms with Crippen molar-refractivity contribution in [3.05, 3.63) is 65.7 Å². The molecule has 1 aliphatic heterocycles. The number of Topliss-reactive ketones (excluding diaryl/α,β-unsaturated/α-hetero) is 1. The lowest BCUT2D eigenvalue weighted by atomic mass is 9.85. The summed E-state index contributed by atoms with van der Waals surface area (Å²) in [7, 11) is 0. The molecule has 1 saturated heterocycles. The second kappa shape index (κ2) is 12.3. The number of nitrogens with one attached hydrogen (secondary N) is 2. The molecule has 3 rings (SSSR count). The summed E-state index contributed by atoms with van der Waals surface area (Å²) in [6, 6.07) is 15.0. The Balaban J connectivity index is 1.65. The highest BCUT2D eigenvalue weighted by molar-refractivity contribution is 6.02. The molecular weight excluding hydrogens is 466 g/mol. The Bertz CT molecular complexity index is 1060. The fraction of sp³-hybridized carbons (Fsp3) is 0.500. The minimum Gasteiger partial charge on any atom is -0.489 e. The second-order valence-electron chi connectivity index (χ2n) is 11.3. The van der Waals surface area contributed by atoms with Crippen LogP contribution in [0.1, 0.15) is 70.3 Å². The molecule has 2 aromatic carbocycles. The van der Waals surface area contributed by atoms with Gasteiger partial charge in [0.25, 0.3) is 0 Å². The van der Waals surface area contributed by atoms with Crippen LogP contribution >= 0.6 is 0 Å². The van der Waals surface area contributed by atoms with Crippen molar-refractivity contribution >= 4 is 17.7 Å². The van der Waals surface area contributed by atoms with E-state index in [4.69, 9.17) is 4.74 Å². The summed E-state index contributed by atoms with van der Waals surface area (Å²) in [5.74, 6) is 0.252. The molecule has 1 aliphatic rings. The fourth-order valence-electron chi connectivity index (χ4n) is 4.56. The van der Waals surface area contributed by atoms with Crippen molar-refractivity contribution < 1.29 is 19.1 Å². The number of hydrogen-bond donors (Lipinski definition) is 2. The number of ketones is 1. The third-order valence-corrected chi connectivity index (χ3v) is 6.85. The van der Waals surface area contributed by atoms with Crippen molar-refractivity contribution in [2.75, 3.05) is 6.54 Å². The minimum atomic E-state index is -0.738. The van der Waals surface area contributed by atoms with E-state index in [1.54, 1.807) is 24.3 Å². The van der Waals surface area contributed by atoms with Crippen molar-refractivity contribution in [1.29, 1.82) is 0 Å². The average Bonchev–Trinajstić information content (AvgIpc) is 3.29. The number of rotatable bonds is 9. The number of nitrogens with zero attached hydrogens (tertiary/aromatic N) is 1. The highest BCUT2D eigenvalue weighted by Gasteiger charge is 2.39. The van der Waals surface area contributed by atoms with Crippen LogP contribution in [-0.2, 0) is 11.4 Å². The summed E-state index contributed by atoms with van der Waals surface area (Å²) < 4.78 is 5.82. The molecule has 7 heteroatoms. The van der Waals surface area contributed by atoms with Crippen LogP contribution in [0.2, 0.25) is 0 Å². The lowest BCUT2D eigenvalue weighted by Gasteiger charge is -2.35. The maximum Gasteiger partial charge on any atom is 0.316 e. The molecule has 3 atom stereocenters. The van der Waals surface area contributed by atoms with Crippen LogP contribution in [0.5, 0.6) is 5.75 Å². The van der Waals surface area contributed by atoms with E-state index < -0.39 is 23.5 Å². The van der Waals surface area contributed by atoms with Crippen molar-refractivity contribution in [1.82, 2.24) is 15.5 Å². The maximum absolute atomic E-state index is 13.3. The normalized spacial score (nSPS) is 17.3. The predicted molar refractivity (Wildman–Crippen MR) is 145 cm³/mol. The van der Waals surface area contributed by atoms with E-state index in [2.05, 4.69) is 10.6 Å². The summed E-state index contributed by atoms with van der Waals surface area (Å²) in [4.78, 5) is 41.5. The monoisotopic (exact) mass is 507 g/mol. The minimum absolute atomic E-state index is 0.0776. The molecule has 0 aromatic heterocycles. The van der Waals surface area contributed by atoms with Crippen molar-refractivity contribution in [3.63, 3.8) is 0 Å². The third-order valence-electron chi connectivity index (χ3n) is 6.85. The van der Waals surface area contributed by atoms with Crippen LogP contribution in [-0.4, -0.2) is 47.3 Å². The van der Waals surface area contributed by atoms with Crippen LogP contribution in [0.25, 0.3) is 0 Å². The number of amides is 3. The first-order valence-corrected chi connectivity index (χ1v) is 13.2. The first-order chi connectivity index (χ1) is 17.5. The van der Waals surface area contributed by atoms with E-state index in [1.165, 1.54) is 0 Å². The standard InChI is InChI=1S/C30H41N3O4/c1-20(2)25(26(34)23-14-16-24(17-15-23)37-19-22-12-8-7-9-13-22)31-29(36)32-27(30(4,5)6)28(35)33-18-10-11-21(33)3/h7-9,12-17,20-21,25,27H,10-11,18-19H2,1-6H3,(H2,31,32,36). The molecule has 0 spiro atoms. The van der Waals surface area contributed by atoms with Crippen LogP contribution in [0.4, 0.5) is 4.79 Å². The highest BCUT2D eigenvalue weighted by Crippen LogP contribution is 2.25. The van der Waals surface area contributed by atoms with Gasteiger partial charge in [-0.2, -0.15) is 0 Å². The van der Waals surface area contributed by atoms with E-state index in [9.17, 15) is 14.4 Å². The third kappa shape index (κ3) is 7.57. The van der Waals surface area contributed by atoms with Gasteiger partial charge in [-0.15, -0.1) is 0 Å². The number of urea groups is 1. The maximum atomic E-state index is 13.3. The van der Waals surface area contributed by atoms with Gasteiger partial charge < -0.3 is 20.3 Å². The second-order valence-corrected chi connectivity index (χ2v) is 11.3. The SMILES string of the molecule is CC(C)C(NC(=O)NC(C(=O)N1CCCC1C)C(C)(C)C)C(=O)c1ccc(OCc2ccccc2)cc1. The topological polar surface area (TPSA) is 87.7 Å². The number of carbonyl (C=O) groups excluding carboxylic acids is 3. The molecule has 200 valence electrons. The van der Waals surface area contributed by atoms with Crippen LogP contribution in [0.3, 0.4) is 0 Å². The highest BCUT2D eigenvalue weighted by atomic mass is 16.5. The van der Waals surface area contributed by atoms with Crippen molar-refractivity contribution in [3.8, 4) is 5.75 Å². The van der Waals surface area contributed by atoms with Crippen molar-refractivity contribution in [2.45, 2.75) is 79.1 Å². The lowest BCUT2D eigenvalue weighted by Crippen LogP contribution is -2.59. The van der Waals surface area contributed by atoms with Crippen molar-refractivity contribution in [2.24, 2.45) is 11.3 Å². The Morgan fingerprint density at radius 2 is 1.65 bits per heavy atom. The number of benzene rings is 2. The van der Waals surface area contributed by atoms with Gasteiger partial charge in [-0.25, -0.2) is 4.79 Å². The van der Waals surface area contributed by atoms with Gasteiger partial charge in [-0.05, 0) is 60.9 Å². The Labute approximate surface area is 221 Å². The predicted octanol–water partition coefficient (Wildman–Crippen LogP) is 5.20. The van der Waals surface area contributed by atoms with Gasteiger partial charge in [0.1, 0.15) is 18.4 Å². The van der Waals surface area contributed by atoms with Gasteiger partial charge >= 0.3 is 6.03 Å². The first-order valence-electron chi connectivity index (χ1n) is 13.2. The van der Waals surface area contributed by atoms with Gasteiger partial charge in [0.15, 0.2) is 5.78 Å². The summed E-state index contributed by atoms with van der Waals surface area (Å²) >= 11 is 0. The largest absolute Gasteiger partial charge is 0.489 e. The first kappa shape index (κ1) is 28.2. The van der Waals surface area contributed by atoms with Gasteiger partial charge in [-0.1, -0.05) is 65.0 Å². The summed E-state index contributed by atoms with van der Waals surface area (Å²) in [5, 5.41) is 5.71. The summed E-state index contributed by atoms with van der Waals surface area (Å²) in [6.07, 6.45) is 1.94. The van der Waals surface area contributed by atoms with E-state index in [1.807, 2.05) is 76.8 Å². The molecule has 3 unspecified atom stereocenters. The molecule has 1 heterocycles. The van der Waals surface area contributed by atoms with E-state index in [-0.39, 0.29) is 23.7 Å². The zero-order valence-electron chi connectivity index (χ0n) is 22.9. The molecule has 0 bridgehead atoms.